The van der Waals surface area contributed by atoms with Gasteiger partial charge in [0.1, 0.15) is 12.0 Å². The predicted octanol–water partition coefficient (Wildman–Crippen LogP) is 4.08. The third kappa shape index (κ3) is 6.00. The number of methoxy groups -OCH3 is 1. The number of nitrogens with one attached hydrogen (secondary N) is 1. The first-order valence-corrected chi connectivity index (χ1v) is 9.39. The molecule has 0 bridgehead atoms. The molecule has 0 saturated carbocycles. The van der Waals surface area contributed by atoms with Crippen LogP contribution < -0.4 is 10.1 Å². The van der Waals surface area contributed by atoms with Crippen LogP contribution in [0.2, 0.25) is 0 Å². The zero-order chi connectivity index (χ0) is 20.4. The molecule has 0 unspecified atom stereocenters. The van der Waals surface area contributed by atoms with Gasteiger partial charge in [0.2, 0.25) is 5.89 Å². The summed E-state index contributed by atoms with van der Waals surface area (Å²) in [6.07, 6.45) is 4.11. The van der Waals surface area contributed by atoms with Gasteiger partial charge in [-0.05, 0) is 25.5 Å². The molecule has 8 heteroatoms. The molecule has 1 N–H and O–H groups in total. The minimum Gasteiger partial charge on any atom is -0.492 e. The van der Waals surface area contributed by atoms with Crippen LogP contribution in [0.25, 0.3) is 0 Å². The van der Waals surface area contributed by atoms with Gasteiger partial charge >= 0.3 is 12.0 Å². The molecule has 0 saturated heterocycles. The van der Waals surface area contributed by atoms with Gasteiger partial charge in [-0.3, -0.25) is 0 Å². The van der Waals surface area contributed by atoms with Crippen LogP contribution in [0.5, 0.6) is 5.75 Å². The van der Waals surface area contributed by atoms with Gasteiger partial charge in [0.15, 0.2) is 5.69 Å². The van der Waals surface area contributed by atoms with E-state index in [9.17, 15) is 9.59 Å². The summed E-state index contributed by atoms with van der Waals surface area (Å²) in [5, 5.41) is 2.88. The zero-order valence-electron chi connectivity index (χ0n) is 16.6. The van der Waals surface area contributed by atoms with E-state index in [-0.39, 0.29) is 24.2 Å². The molecule has 0 spiro atoms. The van der Waals surface area contributed by atoms with Crippen molar-refractivity contribution in [2.24, 2.45) is 0 Å². The van der Waals surface area contributed by atoms with Gasteiger partial charge in [0, 0.05) is 6.54 Å². The minimum atomic E-state index is -0.581. The largest absolute Gasteiger partial charge is 0.492 e. The minimum absolute atomic E-state index is 0.0770. The number of nitrogens with zero attached hydrogens (tertiary/aromatic N) is 2. The number of carbonyl (C=O) groups excluding carboxylic acids is 2. The predicted molar refractivity (Wildman–Crippen MR) is 104 cm³/mol. The van der Waals surface area contributed by atoms with Crippen LogP contribution in [0.15, 0.2) is 34.9 Å². The summed E-state index contributed by atoms with van der Waals surface area (Å²) in [5.74, 6) is 0.295. The molecule has 0 aliphatic heterocycles. The second-order valence-corrected chi connectivity index (χ2v) is 6.11. The number of rotatable bonds is 10. The number of carbonyl (C=O) groups is 2. The number of oxazole rings is 1. The Kier molecular flexibility index (Phi) is 8.33. The molecule has 1 aromatic carbocycles. The van der Waals surface area contributed by atoms with Crippen LogP contribution in [0.4, 0.5) is 10.5 Å². The third-order valence-electron chi connectivity index (χ3n) is 4.02. The van der Waals surface area contributed by atoms with E-state index in [1.165, 1.54) is 13.4 Å². The molecule has 0 aliphatic rings. The van der Waals surface area contributed by atoms with E-state index in [4.69, 9.17) is 9.15 Å². The lowest BCUT2D eigenvalue weighted by Gasteiger charge is -2.22. The summed E-state index contributed by atoms with van der Waals surface area (Å²) in [6, 6.07) is 6.98. The first kappa shape index (κ1) is 21.3. The van der Waals surface area contributed by atoms with Crippen LogP contribution in [-0.4, -0.2) is 42.1 Å². The van der Waals surface area contributed by atoms with Crippen LogP contribution in [0.3, 0.4) is 0 Å². The maximum Gasteiger partial charge on any atom is 0.360 e. The number of esters is 1. The maximum absolute atomic E-state index is 12.9. The number of amides is 2. The summed E-state index contributed by atoms with van der Waals surface area (Å²) >= 11 is 0. The molecule has 152 valence electrons. The lowest BCUT2D eigenvalue weighted by molar-refractivity contribution is 0.0594. The fraction of sp³-hybridized carbons (Fsp3) is 0.450. The van der Waals surface area contributed by atoms with Crippen LogP contribution in [-0.2, 0) is 11.3 Å². The number of aromatic nitrogens is 1. The van der Waals surface area contributed by atoms with Crippen LogP contribution in [0, 0.1) is 0 Å². The van der Waals surface area contributed by atoms with Crippen molar-refractivity contribution in [3.63, 3.8) is 0 Å². The highest BCUT2D eigenvalue weighted by Gasteiger charge is 2.20. The Hall–Kier alpha value is -3.03. The van der Waals surface area contributed by atoms with Crippen LogP contribution in [0.1, 0.15) is 49.5 Å². The zero-order valence-corrected chi connectivity index (χ0v) is 16.6. The van der Waals surface area contributed by atoms with E-state index in [2.05, 4.69) is 22.0 Å². The SMILES string of the molecule is CCCCCN(Cc1nc(C(=O)OC)co1)C(=O)Nc1ccccc1OCC. The highest BCUT2D eigenvalue weighted by molar-refractivity contribution is 5.91. The van der Waals surface area contributed by atoms with Crippen molar-refractivity contribution in [2.75, 3.05) is 25.6 Å². The normalized spacial score (nSPS) is 10.4. The second-order valence-electron chi connectivity index (χ2n) is 6.11. The van der Waals surface area contributed by atoms with Crippen molar-refractivity contribution in [3.8, 4) is 5.75 Å². The molecule has 0 fully saturated rings. The summed E-state index contributed by atoms with van der Waals surface area (Å²) in [6.45, 7) is 5.16. The Balaban J connectivity index is 2.12. The first-order chi connectivity index (χ1) is 13.6. The number of hydrogen-bond acceptors (Lipinski definition) is 6. The monoisotopic (exact) mass is 389 g/mol. The Morgan fingerprint density at radius 1 is 1.21 bits per heavy atom. The summed E-state index contributed by atoms with van der Waals surface area (Å²) < 4.78 is 15.5. The number of benzene rings is 1. The van der Waals surface area contributed by atoms with E-state index in [1.807, 2.05) is 19.1 Å². The highest BCUT2D eigenvalue weighted by Crippen LogP contribution is 2.24. The number of unbranched alkanes of at least 4 members (excludes halogenated alkanes) is 2. The Morgan fingerprint density at radius 3 is 2.71 bits per heavy atom. The standard InChI is InChI=1S/C20H27N3O5/c1-4-6-9-12-23(13-18-21-16(14-28-18)19(24)26-3)20(25)22-15-10-7-8-11-17(15)27-5-2/h7-8,10-11,14H,4-6,9,12-13H2,1-3H3,(H,22,25). The van der Waals surface area contributed by atoms with E-state index in [0.717, 1.165) is 19.3 Å². The molecule has 1 aromatic heterocycles. The Bertz CT molecular complexity index is 775. The third-order valence-corrected chi connectivity index (χ3v) is 4.02. The van der Waals surface area contributed by atoms with E-state index < -0.39 is 5.97 Å². The van der Waals surface area contributed by atoms with E-state index in [0.29, 0.717) is 24.6 Å². The van der Waals surface area contributed by atoms with Crippen molar-refractivity contribution < 1.29 is 23.5 Å². The summed E-state index contributed by atoms with van der Waals surface area (Å²) in [5.41, 5.74) is 0.672. The highest BCUT2D eigenvalue weighted by atomic mass is 16.5. The smallest absolute Gasteiger partial charge is 0.360 e. The van der Waals surface area contributed by atoms with Gasteiger partial charge < -0.3 is 24.1 Å². The number of ether oxygens (including phenoxy) is 2. The molecular weight excluding hydrogens is 362 g/mol. The van der Waals surface area contributed by atoms with Crippen molar-refractivity contribution in [1.29, 1.82) is 0 Å². The molecule has 1 heterocycles. The molecule has 0 atom stereocenters. The fourth-order valence-corrected chi connectivity index (χ4v) is 2.60. The fourth-order valence-electron chi connectivity index (χ4n) is 2.60. The topological polar surface area (TPSA) is 93.9 Å². The molecule has 2 amide bonds. The van der Waals surface area contributed by atoms with Crippen molar-refractivity contribution >= 4 is 17.7 Å². The lowest BCUT2D eigenvalue weighted by Crippen LogP contribution is -2.35. The van der Waals surface area contributed by atoms with Crippen molar-refractivity contribution in [2.45, 2.75) is 39.7 Å². The van der Waals surface area contributed by atoms with Crippen LogP contribution >= 0.6 is 0 Å². The number of para-hydroxylation sites is 2. The second kappa shape index (κ2) is 11.0. The quantitative estimate of drug-likeness (QED) is 0.486. The maximum atomic E-state index is 12.9. The number of hydrogen-bond donors (Lipinski definition) is 1. The number of anilines is 1. The molecule has 2 rings (SSSR count). The van der Waals surface area contributed by atoms with Gasteiger partial charge in [0.05, 0.1) is 25.9 Å². The van der Waals surface area contributed by atoms with E-state index in [1.54, 1.807) is 17.0 Å². The molecule has 0 radical (unpaired) electrons. The van der Waals surface area contributed by atoms with Gasteiger partial charge in [-0.15, -0.1) is 0 Å². The number of urea groups is 1. The van der Waals surface area contributed by atoms with Gasteiger partial charge in [-0.2, -0.15) is 0 Å². The van der Waals surface area contributed by atoms with Gasteiger partial charge in [-0.1, -0.05) is 31.9 Å². The molecule has 0 aliphatic carbocycles. The summed E-state index contributed by atoms with van der Waals surface area (Å²) in [7, 11) is 1.27. The van der Waals surface area contributed by atoms with E-state index >= 15 is 0 Å². The van der Waals surface area contributed by atoms with Crippen molar-refractivity contribution in [1.82, 2.24) is 9.88 Å². The summed E-state index contributed by atoms with van der Waals surface area (Å²) in [4.78, 5) is 30.1. The average Bonchev–Trinajstić information content (AvgIpc) is 3.17. The van der Waals surface area contributed by atoms with Gasteiger partial charge in [-0.25, -0.2) is 14.6 Å². The average molecular weight is 389 g/mol. The Labute approximate surface area is 164 Å². The molecule has 2 aromatic rings. The molecular formula is C20H27N3O5. The molecule has 28 heavy (non-hydrogen) atoms. The van der Waals surface area contributed by atoms with Gasteiger partial charge in [0.25, 0.3) is 0 Å². The lowest BCUT2D eigenvalue weighted by atomic mass is 10.2. The first-order valence-electron chi connectivity index (χ1n) is 9.39. The van der Waals surface area contributed by atoms with Crippen molar-refractivity contribution in [3.05, 3.63) is 42.1 Å². The Morgan fingerprint density at radius 2 is 2.00 bits per heavy atom. The molecule has 8 nitrogen and oxygen atoms in total.